The third-order valence-corrected chi connectivity index (χ3v) is 3.49. The molecular formula is C19H17N3O3. The van der Waals surface area contributed by atoms with E-state index in [-0.39, 0.29) is 11.5 Å². The van der Waals surface area contributed by atoms with Gasteiger partial charge in [0.05, 0.1) is 7.11 Å². The van der Waals surface area contributed by atoms with Crippen molar-refractivity contribution in [3.05, 3.63) is 71.9 Å². The van der Waals surface area contributed by atoms with Gasteiger partial charge in [-0.2, -0.15) is 5.26 Å². The summed E-state index contributed by atoms with van der Waals surface area (Å²) < 4.78 is 4.49. The molecule has 0 aromatic heterocycles. The molecule has 1 N–H and O–H groups in total. The number of rotatable bonds is 5. The van der Waals surface area contributed by atoms with Gasteiger partial charge in [-0.25, -0.2) is 4.79 Å². The molecule has 0 heterocycles. The molecule has 1 amide bonds. The van der Waals surface area contributed by atoms with Crippen LogP contribution in [0.5, 0.6) is 0 Å². The van der Waals surface area contributed by atoms with Gasteiger partial charge in [-0.1, -0.05) is 18.2 Å². The zero-order valence-corrected chi connectivity index (χ0v) is 13.9. The second-order valence-electron chi connectivity index (χ2n) is 5.08. The molecule has 0 spiro atoms. The zero-order valence-electron chi connectivity index (χ0n) is 13.9. The molecule has 0 aliphatic heterocycles. The van der Waals surface area contributed by atoms with Crippen molar-refractivity contribution in [1.29, 1.82) is 5.26 Å². The number of methoxy groups -OCH3 is 1. The lowest BCUT2D eigenvalue weighted by Crippen LogP contribution is -2.26. The number of carbonyl (C=O) groups is 2. The van der Waals surface area contributed by atoms with Crippen molar-refractivity contribution in [1.82, 2.24) is 0 Å². The van der Waals surface area contributed by atoms with E-state index in [1.165, 1.54) is 13.3 Å². The normalized spacial score (nSPS) is 10.5. The monoisotopic (exact) mass is 335 g/mol. The molecule has 126 valence electrons. The first-order valence-electron chi connectivity index (χ1n) is 7.45. The zero-order chi connectivity index (χ0) is 18.2. The molecule has 6 nitrogen and oxygen atoms in total. The Bertz CT molecular complexity index is 821. The summed E-state index contributed by atoms with van der Waals surface area (Å²) >= 11 is 0. The first kappa shape index (κ1) is 17.8. The van der Waals surface area contributed by atoms with Crippen LogP contribution in [0.15, 0.2) is 66.4 Å². The van der Waals surface area contributed by atoms with Crippen LogP contribution in [0.25, 0.3) is 0 Å². The van der Waals surface area contributed by atoms with Crippen LogP contribution < -0.4 is 10.2 Å². The molecule has 0 saturated carbocycles. The molecule has 0 bridgehead atoms. The third-order valence-electron chi connectivity index (χ3n) is 3.49. The number of amides is 1. The summed E-state index contributed by atoms with van der Waals surface area (Å²) in [6.07, 6.45) is 1.26. The summed E-state index contributed by atoms with van der Waals surface area (Å²) in [5, 5.41) is 11.7. The summed E-state index contributed by atoms with van der Waals surface area (Å²) in [7, 11) is 2.92. The number of hydrogen-bond acceptors (Lipinski definition) is 5. The molecule has 0 aliphatic carbocycles. The standard InChI is InChI=1S/C19H17N3O3/c1-22(17-6-4-3-5-7-17)18(23)14-8-10-16(11-9-14)21-13-15(12-20)19(24)25-2/h3-11,13,21H,1-2H3/b15-13-. The first-order valence-corrected chi connectivity index (χ1v) is 7.45. The van der Waals surface area contributed by atoms with E-state index in [4.69, 9.17) is 5.26 Å². The highest BCUT2D eigenvalue weighted by Gasteiger charge is 2.13. The van der Waals surface area contributed by atoms with E-state index in [1.54, 1.807) is 42.3 Å². The minimum absolute atomic E-state index is 0.138. The lowest BCUT2D eigenvalue weighted by molar-refractivity contribution is -0.135. The Labute approximate surface area is 145 Å². The van der Waals surface area contributed by atoms with Crippen molar-refractivity contribution in [2.45, 2.75) is 0 Å². The number of esters is 1. The summed E-state index contributed by atoms with van der Waals surface area (Å²) in [6.45, 7) is 0. The highest BCUT2D eigenvalue weighted by molar-refractivity contribution is 6.05. The Morgan fingerprint density at radius 1 is 1.12 bits per heavy atom. The fourth-order valence-corrected chi connectivity index (χ4v) is 2.07. The maximum atomic E-state index is 12.5. The number of nitrogens with one attached hydrogen (secondary N) is 1. The van der Waals surface area contributed by atoms with Gasteiger partial charge in [0.1, 0.15) is 6.07 Å². The average molecular weight is 335 g/mol. The van der Waals surface area contributed by atoms with E-state index in [2.05, 4.69) is 10.1 Å². The van der Waals surface area contributed by atoms with Crippen LogP contribution in [0, 0.1) is 11.3 Å². The largest absolute Gasteiger partial charge is 0.465 e. The molecule has 2 rings (SSSR count). The third kappa shape index (κ3) is 4.45. The molecule has 0 atom stereocenters. The topological polar surface area (TPSA) is 82.4 Å². The molecule has 6 heteroatoms. The minimum atomic E-state index is -0.716. The number of para-hydroxylation sites is 1. The number of anilines is 2. The Kier molecular flexibility index (Phi) is 5.91. The van der Waals surface area contributed by atoms with Crippen LogP contribution in [0.3, 0.4) is 0 Å². The molecule has 0 fully saturated rings. The molecule has 0 unspecified atom stereocenters. The van der Waals surface area contributed by atoms with Gasteiger partial charge in [0.25, 0.3) is 5.91 Å². The predicted octanol–water partition coefficient (Wildman–Crippen LogP) is 2.96. The quantitative estimate of drug-likeness (QED) is 0.516. The van der Waals surface area contributed by atoms with E-state index in [0.29, 0.717) is 11.3 Å². The maximum absolute atomic E-state index is 12.5. The highest BCUT2D eigenvalue weighted by Crippen LogP contribution is 2.16. The maximum Gasteiger partial charge on any atom is 0.350 e. The van der Waals surface area contributed by atoms with Crippen molar-refractivity contribution < 1.29 is 14.3 Å². The van der Waals surface area contributed by atoms with E-state index >= 15 is 0 Å². The Hall–Kier alpha value is -3.59. The highest BCUT2D eigenvalue weighted by atomic mass is 16.5. The number of nitrogens with zero attached hydrogens (tertiary/aromatic N) is 2. The molecule has 25 heavy (non-hydrogen) atoms. The second kappa shape index (κ2) is 8.31. The molecule has 2 aromatic carbocycles. The van der Waals surface area contributed by atoms with Crippen molar-refractivity contribution in [2.75, 3.05) is 24.4 Å². The van der Waals surface area contributed by atoms with Crippen LogP contribution in [-0.2, 0) is 9.53 Å². The lowest BCUT2D eigenvalue weighted by Gasteiger charge is -2.17. The molecule has 0 aliphatic rings. The van der Waals surface area contributed by atoms with Gasteiger partial charge in [-0.15, -0.1) is 0 Å². The van der Waals surface area contributed by atoms with E-state index in [0.717, 1.165) is 5.69 Å². The smallest absolute Gasteiger partial charge is 0.350 e. The number of nitriles is 1. The van der Waals surface area contributed by atoms with E-state index in [1.807, 2.05) is 30.3 Å². The van der Waals surface area contributed by atoms with Crippen molar-refractivity contribution in [3.8, 4) is 6.07 Å². The second-order valence-corrected chi connectivity index (χ2v) is 5.08. The van der Waals surface area contributed by atoms with Gasteiger partial charge < -0.3 is 15.0 Å². The Morgan fingerprint density at radius 3 is 2.32 bits per heavy atom. The van der Waals surface area contributed by atoms with Gasteiger partial charge in [-0.05, 0) is 36.4 Å². The van der Waals surface area contributed by atoms with Gasteiger partial charge in [0.2, 0.25) is 0 Å². The molecule has 0 saturated heterocycles. The number of hydrogen-bond donors (Lipinski definition) is 1. The van der Waals surface area contributed by atoms with Crippen LogP contribution in [0.4, 0.5) is 11.4 Å². The lowest BCUT2D eigenvalue weighted by atomic mass is 10.1. The predicted molar refractivity (Wildman–Crippen MR) is 95.0 cm³/mol. The van der Waals surface area contributed by atoms with Crippen LogP contribution >= 0.6 is 0 Å². The Morgan fingerprint density at radius 2 is 1.76 bits per heavy atom. The number of ether oxygens (including phenoxy) is 1. The van der Waals surface area contributed by atoms with Crippen molar-refractivity contribution in [3.63, 3.8) is 0 Å². The van der Waals surface area contributed by atoms with Crippen molar-refractivity contribution >= 4 is 23.3 Å². The van der Waals surface area contributed by atoms with Gasteiger partial charge in [-0.3, -0.25) is 4.79 Å². The SMILES string of the molecule is COC(=O)/C(C#N)=C\Nc1ccc(C(=O)N(C)c2ccccc2)cc1. The Balaban J connectivity index is 2.09. The molecule has 0 radical (unpaired) electrons. The number of carbonyl (C=O) groups excluding carboxylic acids is 2. The van der Waals surface area contributed by atoms with E-state index < -0.39 is 5.97 Å². The van der Waals surface area contributed by atoms with Gasteiger partial charge in [0, 0.05) is 30.2 Å². The number of benzene rings is 2. The summed E-state index contributed by atoms with van der Waals surface area (Å²) in [4.78, 5) is 25.4. The fraction of sp³-hybridized carbons (Fsp3) is 0.105. The molecular weight excluding hydrogens is 318 g/mol. The first-order chi connectivity index (χ1) is 12.1. The van der Waals surface area contributed by atoms with Crippen LogP contribution in [-0.4, -0.2) is 26.0 Å². The van der Waals surface area contributed by atoms with Gasteiger partial charge in [0.15, 0.2) is 5.57 Å². The summed E-state index contributed by atoms with van der Waals surface area (Å²) in [6, 6.07) is 17.8. The molecule has 2 aromatic rings. The van der Waals surface area contributed by atoms with E-state index in [9.17, 15) is 9.59 Å². The van der Waals surface area contributed by atoms with Crippen LogP contribution in [0.2, 0.25) is 0 Å². The van der Waals surface area contributed by atoms with Crippen molar-refractivity contribution in [2.24, 2.45) is 0 Å². The fourth-order valence-electron chi connectivity index (χ4n) is 2.07. The average Bonchev–Trinajstić information content (AvgIpc) is 2.68. The summed E-state index contributed by atoms with van der Waals surface area (Å²) in [5.41, 5.74) is 1.81. The van der Waals surface area contributed by atoms with Crippen LogP contribution in [0.1, 0.15) is 10.4 Å². The summed E-state index contributed by atoms with van der Waals surface area (Å²) in [5.74, 6) is -0.855. The van der Waals surface area contributed by atoms with Gasteiger partial charge >= 0.3 is 5.97 Å². The minimum Gasteiger partial charge on any atom is -0.465 e.